The number of rotatable bonds is 5. The van der Waals surface area contributed by atoms with Crippen molar-refractivity contribution < 1.29 is 18.8 Å². The van der Waals surface area contributed by atoms with Gasteiger partial charge in [-0.3, -0.25) is 14.4 Å². The molecule has 0 spiro atoms. The molecule has 154 valence electrons. The molecule has 7 nitrogen and oxygen atoms in total. The summed E-state index contributed by atoms with van der Waals surface area (Å²) in [4.78, 5) is 41.3. The monoisotopic (exact) mass is 408 g/mol. The Morgan fingerprint density at radius 1 is 1.23 bits per heavy atom. The van der Waals surface area contributed by atoms with E-state index >= 15 is 0 Å². The fraction of sp³-hybridized carbons (Fsp3) is 0.364. The third-order valence-corrected chi connectivity index (χ3v) is 6.32. The van der Waals surface area contributed by atoms with Gasteiger partial charge in [0.25, 0.3) is 17.6 Å². The Morgan fingerprint density at radius 2 is 1.90 bits per heavy atom. The lowest BCUT2D eigenvalue weighted by Crippen LogP contribution is -2.68. The van der Waals surface area contributed by atoms with E-state index in [0.29, 0.717) is 17.2 Å². The lowest BCUT2D eigenvalue weighted by atomic mass is 9.50. The first-order valence-electron chi connectivity index (χ1n) is 9.67. The fourth-order valence-electron chi connectivity index (χ4n) is 4.54. The zero-order valence-corrected chi connectivity index (χ0v) is 16.9. The second-order valence-corrected chi connectivity index (χ2v) is 8.27. The van der Waals surface area contributed by atoms with Gasteiger partial charge in [-0.05, 0) is 62.8 Å². The smallest absolute Gasteiger partial charge is 0.294 e. The summed E-state index contributed by atoms with van der Waals surface area (Å²) in [6.07, 6.45) is 2.78. The zero-order valence-electron chi connectivity index (χ0n) is 16.9. The molecule has 2 amide bonds. The van der Waals surface area contributed by atoms with Gasteiger partial charge in [0, 0.05) is 24.0 Å². The van der Waals surface area contributed by atoms with Crippen LogP contribution in [0.2, 0.25) is 0 Å². The molecule has 1 heterocycles. The predicted molar refractivity (Wildman–Crippen MR) is 108 cm³/mol. The van der Waals surface area contributed by atoms with Crippen LogP contribution >= 0.6 is 0 Å². The van der Waals surface area contributed by atoms with Crippen molar-refractivity contribution in [2.24, 2.45) is 13.0 Å². The van der Waals surface area contributed by atoms with Gasteiger partial charge in [-0.15, -0.1) is 0 Å². The molecule has 0 aliphatic heterocycles. The first-order chi connectivity index (χ1) is 14.2. The van der Waals surface area contributed by atoms with Gasteiger partial charge in [0.15, 0.2) is 0 Å². The molecule has 8 heteroatoms. The number of benzene rings is 1. The van der Waals surface area contributed by atoms with Gasteiger partial charge in [0.05, 0.1) is 17.8 Å². The van der Waals surface area contributed by atoms with Crippen molar-refractivity contribution in [3.8, 4) is 0 Å². The molecule has 5 rings (SSSR count). The molecular weight excluding hydrogens is 387 g/mol. The van der Waals surface area contributed by atoms with Crippen LogP contribution < -0.4 is 10.6 Å². The van der Waals surface area contributed by atoms with E-state index in [1.165, 1.54) is 12.1 Å². The van der Waals surface area contributed by atoms with Gasteiger partial charge in [-0.1, -0.05) is 0 Å². The van der Waals surface area contributed by atoms with Gasteiger partial charge in [-0.2, -0.15) is 0 Å². The summed E-state index contributed by atoms with van der Waals surface area (Å²) in [5.41, 5.74) is 1.22. The van der Waals surface area contributed by atoms with Crippen LogP contribution in [0.3, 0.4) is 0 Å². The maximum atomic E-state index is 13.5. The Balaban J connectivity index is 1.58. The van der Waals surface area contributed by atoms with Crippen molar-refractivity contribution in [3.05, 3.63) is 57.9 Å². The topological polar surface area (TPSA) is 84.6 Å². The van der Waals surface area contributed by atoms with Crippen LogP contribution in [-0.4, -0.2) is 27.7 Å². The van der Waals surface area contributed by atoms with E-state index in [0.717, 1.165) is 25.3 Å². The lowest BCUT2D eigenvalue weighted by molar-refractivity contribution is -0.128. The van der Waals surface area contributed by atoms with E-state index in [9.17, 15) is 18.8 Å². The van der Waals surface area contributed by atoms with Crippen LogP contribution in [0.4, 0.5) is 15.8 Å². The zero-order chi connectivity index (χ0) is 21.8. The van der Waals surface area contributed by atoms with Crippen LogP contribution in [0.15, 0.2) is 18.2 Å². The van der Waals surface area contributed by atoms with Gasteiger partial charge in [-0.25, -0.2) is 9.24 Å². The standard InChI is InChI=1S/C22H21FN4O3/c1-11-17(20(29)25-14-5-6-15(23)16(7-14)24-3)12(2)27(4)18(11)19(28)21(30)26-22-8-13(9-22)10-22/h5-7,13H,8-10H2,1-2,4H3,(H,25,29)(H,26,30). The number of nitrogens with one attached hydrogen (secondary N) is 2. The third-order valence-electron chi connectivity index (χ3n) is 6.32. The van der Waals surface area contributed by atoms with Crippen LogP contribution in [0.5, 0.6) is 0 Å². The Bertz CT molecular complexity index is 1140. The first kappa shape index (κ1) is 19.8. The van der Waals surface area contributed by atoms with Crippen LogP contribution in [0.1, 0.15) is 51.4 Å². The molecule has 3 aliphatic carbocycles. The first-order valence-corrected chi connectivity index (χ1v) is 9.67. The summed E-state index contributed by atoms with van der Waals surface area (Å²) >= 11 is 0. The molecule has 2 N–H and O–H groups in total. The summed E-state index contributed by atoms with van der Waals surface area (Å²) in [6, 6.07) is 3.72. The molecule has 0 unspecified atom stereocenters. The van der Waals surface area contributed by atoms with E-state index < -0.39 is 23.4 Å². The minimum atomic E-state index is -0.669. The van der Waals surface area contributed by atoms with E-state index in [-0.39, 0.29) is 28.2 Å². The molecule has 3 aliphatic rings. The van der Waals surface area contributed by atoms with E-state index in [2.05, 4.69) is 15.5 Å². The predicted octanol–water partition coefficient (Wildman–Crippen LogP) is 3.44. The molecule has 2 bridgehead atoms. The number of aromatic nitrogens is 1. The molecule has 3 saturated carbocycles. The summed E-state index contributed by atoms with van der Waals surface area (Å²) < 4.78 is 15.1. The number of carbonyl (C=O) groups excluding carboxylic acids is 3. The second-order valence-electron chi connectivity index (χ2n) is 8.27. The van der Waals surface area contributed by atoms with Crippen molar-refractivity contribution in [2.45, 2.75) is 38.6 Å². The number of nitrogens with zero attached hydrogens (tertiary/aromatic N) is 2. The molecule has 2 aromatic rings. The number of Topliss-reactive ketones (excluding diaryl/α,β-unsaturated/α-hetero) is 1. The van der Waals surface area contributed by atoms with Crippen molar-refractivity contribution in [2.75, 3.05) is 5.32 Å². The number of carbonyl (C=O) groups is 3. The van der Waals surface area contributed by atoms with Gasteiger partial charge in [0.2, 0.25) is 5.69 Å². The largest absolute Gasteiger partial charge is 0.344 e. The summed E-state index contributed by atoms with van der Waals surface area (Å²) in [7, 11) is 1.63. The lowest BCUT2D eigenvalue weighted by Gasteiger charge is -2.61. The van der Waals surface area contributed by atoms with E-state index in [1.807, 2.05) is 0 Å². The number of hydrogen-bond donors (Lipinski definition) is 2. The fourth-order valence-corrected chi connectivity index (χ4v) is 4.54. The van der Waals surface area contributed by atoms with Crippen LogP contribution in [-0.2, 0) is 11.8 Å². The Labute approximate surface area is 173 Å². The second kappa shape index (κ2) is 6.80. The van der Waals surface area contributed by atoms with Crippen LogP contribution in [0.25, 0.3) is 4.85 Å². The highest BCUT2D eigenvalue weighted by Gasteiger charge is 2.57. The SMILES string of the molecule is [C-]#[N+]c1cc(NC(=O)c2c(C)c(C(=O)C(=O)NC34CC(C3)C4)n(C)c2C)ccc1F. The quantitative estimate of drug-likeness (QED) is 0.452. The molecule has 3 fully saturated rings. The average molecular weight is 408 g/mol. The Kier molecular flexibility index (Phi) is 4.49. The summed E-state index contributed by atoms with van der Waals surface area (Å²) in [6.45, 7) is 10.3. The summed E-state index contributed by atoms with van der Waals surface area (Å²) in [5.74, 6) is -1.81. The molecule has 1 aromatic heterocycles. The highest BCUT2D eigenvalue weighted by atomic mass is 19.1. The Morgan fingerprint density at radius 3 is 2.47 bits per heavy atom. The third kappa shape index (κ3) is 2.98. The number of ketones is 1. The van der Waals surface area contributed by atoms with Crippen molar-refractivity contribution in [3.63, 3.8) is 0 Å². The summed E-state index contributed by atoms with van der Waals surface area (Å²) in [5, 5.41) is 5.50. The normalized spacial score (nSPS) is 21.1. The molecule has 0 atom stereocenters. The van der Waals surface area contributed by atoms with Crippen molar-refractivity contribution >= 4 is 29.0 Å². The highest BCUT2D eigenvalue weighted by molar-refractivity contribution is 6.43. The van der Waals surface area contributed by atoms with Gasteiger partial charge >= 0.3 is 0 Å². The Hall–Kier alpha value is -3.47. The number of amides is 2. The number of halogens is 1. The minimum Gasteiger partial charge on any atom is -0.344 e. The maximum absolute atomic E-state index is 13.5. The van der Waals surface area contributed by atoms with Crippen molar-refractivity contribution in [1.82, 2.24) is 9.88 Å². The van der Waals surface area contributed by atoms with Crippen molar-refractivity contribution in [1.29, 1.82) is 0 Å². The number of anilines is 1. The minimum absolute atomic E-state index is 0.169. The maximum Gasteiger partial charge on any atom is 0.294 e. The molecular formula is C22H21FN4O3. The molecule has 1 aromatic carbocycles. The molecule has 0 saturated heterocycles. The molecule has 0 radical (unpaired) electrons. The average Bonchev–Trinajstić information content (AvgIpc) is 2.86. The van der Waals surface area contributed by atoms with Crippen LogP contribution in [0, 0.1) is 32.2 Å². The van der Waals surface area contributed by atoms with E-state index in [1.54, 1.807) is 25.5 Å². The van der Waals surface area contributed by atoms with E-state index in [4.69, 9.17) is 6.57 Å². The molecule has 30 heavy (non-hydrogen) atoms. The van der Waals surface area contributed by atoms with Gasteiger partial charge in [0.1, 0.15) is 5.82 Å². The number of hydrogen-bond acceptors (Lipinski definition) is 3. The highest BCUT2D eigenvalue weighted by Crippen LogP contribution is 2.56. The van der Waals surface area contributed by atoms with Gasteiger partial charge < -0.3 is 15.2 Å².